The molecule has 0 saturated heterocycles. The van der Waals surface area contributed by atoms with Gasteiger partial charge in [-0.3, -0.25) is 14.4 Å². The van der Waals surface area contributed by atoms with Gasteiger partial charge in [0.05, 0.1) is 16.5 Å². The van der Waals surface area contributed by atoms with Gasteiger partial charge in [-0.05, 0) is 72.3 Å². The normalized spacial score (nSPS) is 11.0. The number of carbonyl (C=O) groups excluding carboxylic acids is 3. The molecule has 0 fully saturated rings. The fraction of sp³-hybridized carbons (Fsp3) is 0.0333. The van der Waals surface area contributed by atoms with Crippen LogP contribution in [0.15, 0.2) is 112 Å². The Kier molecular flexibility index (Phi) is 10.4. The summed E-state index contributed by atoms with van der Waals surface area (Å²) in [6, 6.07) is 27.9. The molecule has 0 radical (unpaired) electrons. The van der Waals surface area contributed by atoms with Gasteiger partial charge in [0.25, 0.3) is 11.8 Å². The van der Waals surface area contributed by atoms with Gasteiger partial charge in [-0.15, -0.1) is 11.8 Å². The van der Waals surface area contributed by atoms with Crippen LogP contribution in [0.5, 0.6) is 0 Å². The highest BCUT2D eigenvalue weighted by Crippen LogP contribution is 2.27. The number of thioether (sulfide) groups is 1. The van der Waals surface area contributed by atoms with E-state index in [0.29, 0.717) is 27.0 Å². The average molecular weight is 655 g/mol. The van der Waals surface area contributed by atoms with Crippen LogP contribution < -0.4 is 16.0 Å². The number of benzene rings is 4. The Balaban J connectivity index is 1.45. The van der Waals surface area contributed by atoms with E-state index in [0.717, 1.165) is 14.9 Å². The highest BCUT2D eigenvalue weighted by Gasteiger charge is 2.16. The number of halogens is 3. The molecule has 0 aliphatic heterocycles. The summed E-state index contributed by atoms with van der Waals surface area (Å²) in [5.41, 5.74) is 2.20. The average Bonchev–Trinajstić information content (AvgIpc) is 2.94. The summed E-state index contributed by atoms with van der Waals surface area (Å²) < 4.78 is 0.836. The Morgan fingerprint density at radius 3 is 2.35 bits per heavy atom. The topological polar surface area (TPSA) is 87.3 Å². The van der Waals surface area contributed by atoms with E-state index < -0.39 is 11.8 Å². The van der Waals surface area contributed by atoms with E-state index in [1.165, 1.54) is 11.8 Å². The second-order valence-electron chi connectivity index (χ2n) is 8.38. The van der Waals surface area contributed by atoms with Gasteiger partial charge in [-0.2, -0.15) is 0 Å². The van der Waals surface area contributed by atoms with E-state index in [1.54, 1.807) is 66.7 Å². The second kappa shape index (κ2) is 14.2. The van der Waals surface area contributed by atoms with Crippen LogP contribution in [0.1, 0.15) is 15.9 Å². The Labute approximate surface area is 254 Å². The van der Waals surface area contributed by atoms with Crippen molar-refractivity contribution in [3.8, 4) is 0 Å². The Hall–Kier alpha value is -3.56. The highest BCUT2D eigenvalue weighted by molar-refractivity contribution is 9.10. The van der Waals surface area contributed by atoms with Crippen LogP contribution in [0.3, 0.4) is 0 Å². The van der Waals surface area contributed by atoms with Crippen molar-refractivity contribution in [2.45, 2.75) is 4.90 Å². The first kappa shape index (κ1) is 29.4. The third-order valence-electron chi connectivity index (χ3n) is 5.36. The van der Waals surface area contributed by atoms with E-state index in [2.05, 4.69) is 31.9 Å². The molecule has 3 amide bonds. The summed E-state index contributed by atoms with van der Waals surface area (Å²) in [6.45, 7) is 0. The van der Waals surface area contributed by atoms with Crippen molar-refractivity contribution < 1.29 is 14.4 Å². The second-order valence-corrected chi connectivity index (χ2v) is 11.2. The minimum atomic E-state index is -0.499. The van der Waals surface area contributed by atoms with Crippen LogP contribution in [0.25, 0.3) is 6.08 Å². The third kappa shape index (κ3) is 8.72. The monoisotopic (exact) mass is 653 g/mol. The standard InChI is InChI=1S/C30H22BrCl2N3O3S/c31-21-9-4-6-19(14-21)15-27(36-29(38)20-7-2-1-3-8-20)30(39)34-23-10-5-11-24(17-23)40-18-28(37)35-26-13-12-22(32)16-25(26)33/h1-17H,18H2,(H,34,39)(H,35,37)(H,36,38)/b27-15+. The zero-order valence-corrected chi connectivity index (χ0v) is 24.7. The number of anilines is 2. The van der Waals surface area contributed by atoms with Crippen LogP contribution in [-0.2, 0) is 9.59 Å². The molecule has 0 atom stereocenters. The molecule has 0 bridgehead atoms. The lowest BCUT2D eigenvalue weighted by atomic mass is 10.1. The summed E-state index contributed by atoms with van der Waals surface area (Å²) in [7, 11) is 0. The molecule has 10 heteroatoms. The molecule has 0 heterocycles. The zero-order valence-electron chi connectivity index (χ0n) is 20.8. The molecule has 0 aliphatic carbocycles. The Morgan fingerprint density at radius 1 is 0.825 bits per heavy atom. The Morgan fingerprint density at radius 2 is 1.60 bits per heavy atom. The van der Waals surface area contributed by atoms with E-state index in [1.807, 2.05) is 36.4 Å². The van der Waals surface area contributed by atoms with Crippen molar-refractivity contribution in [1.29, 1.82) is 0 Å². The van der Waals surface area contributed by atoms with Gasteiger partial charge in [0.1, 0.15) is 5.70 Å². The molecule has 0 aromatic heterocycles. The maximum absolute atomic E-state index is 13.3. The first-order valence-corrected chi connectivity index (χ1v) is 14.4. The molecular weight excluding hydrogens is 633 g/mol. The van der Waals surface area contributed by atoms with Gasteiger partial charge in [0, 0.05) is 25.6 Å². The van der Waals surface area contributed by atoms with Crippen LogP contribution in [-0.4, -0.2) is 23.5 Å². The van der Waals surface area contributed by atoms with E-state index in [-0.39, 0.29) is 17.4 Å². The lowest BCUT2D eigenvalue weighted by molar-refractivity contribution is -0.114. The quantitative estimate of drug-likeness (QED) is 0.127. The molecule has 4 aromatic rings. The van der Waals surface area contributed by atoms with Crippen molar-refractivity contribution in [3.63, 3.8) is 0 Å². The van der Waals surface area contributed by atoms with Crippen molar-refractivity contribution in [2.24, 2.45) is 0 Å². The molecule has 4 aromatic carbocycles. The number of hydrogen-bond donors (Lipinski definition) is 3. The van der Waals surface area contributed by atoms with Crippen LogP contribution >= 0.6 is 50.9 Å². The first-order chi connectivity index (χ1) is 19.3. The van der Waals surface area contributed by atoms with E-state index in [4.69, 9.17) is 23.2 Å². The van der Waals surface area contributed by atoms with E-state index in [9.17, 15) is 14.4 Å². The summed E-state index contributed by atoms with van der Waals surface area (Å²) in [6.07, 6.45) is 1.60. The van der Waals surface area contributed by atoms with Crippen LogP contribution in [0, 0.1) is 0 Å². The summed E-state index contributed by atoms with van der Waals surface area (Å²) in [4.78, 5) is 39.4. The molecular formula is C30H22BrCl2N3O3S. The molecule has 3 N–H and O–H groups in total. The van der Waals surface area contributed by atoms with Gasteiger partial charge >= 0.3 is 0 Å². The van der Waals surface area contributed by atoms with Gasteiger partial charge in [-0.1, -0.05) is 75.5 Å². The number of rotatable bonds is 9. The number of amides is 3. The van der Waals surface area contributed by atoms with Gasteiger partial charge in [0.15, 0.2) is 0 Å². The first-order valence-electron chi connectivity index (χ1n) is 11.9. The van der Waals surface area contributed by atoms with Crippen molar-refractivity contribution in [1.82, 2.24) is 5.32 Å². The van der Waals surface area contributed by atoms with Crippen molar-refractivity contribution in [3.05, 3.63) is 128 Å². The molecule has 0 aliphatic rings. The zero-order chi connectivity index (χ0) is 28.5. The molecule has 6 nitrogen and oxygen atoms in total. The molecule has 0 spiro atoms. The molecule has 0 saturated carbocycles. The third-order valence-corrected chi connectivity index (χ3v) is 7.39. The summed E-state index contributed by atoms with van der Waals surface area (Å²) in [5.74, 6) is -1.03. The van der Waals surface area contributed by atoms with Gasteiger partial charge in [0.2, 0.25) is 5.91 Å². The predicted molar refractivity (Wildman–Crippen MR) is 167 cm³/mol. The number of carbonyl (C=O) groups is 3. The number of nitrogens with one attached hydrogen (secondary N) is 3. The maximum atomic E-state index is 13.3. The van der Waals surface area contributed by atoms with Gasteiger partial charge in [-0.25, -0.2) is 0 Å². The molecule has 40 heavy (non-hydrogen) atoms. The molecule has 4 rings (SSSR count). The number of hydrogen-bond acceptors (Lipinski definition) is 4. The predicted octanol–water partition coefficient (Wildman–Crippen LogP) is 7.90. The maximum Gasteiger partial charge on any atom is 0.272 e. The Bertz CT molecular complexity index is 1580. The summed E-state index contributed by atoms with van der Waals surface area (Å²) >= 11 is 16.8. The summed E-state index contributed by atoms with van der Waals surface area (Å²) in [5, 5.41) is 9.14. The lowest BCUT2D eigenvalue weighted by Crippen LogP contribution is -2.30. The van der Waals surface area contributed by atoms with Crippen LogP contribution in [0.2, 0.25) is 10.0 Å². The van der Waals surface area contributed by atoms with E-state index >= 15 is 0 Å². The molecule has 202 valence electrons. The minimum absolute atomic E-state index is 0.0734. The lowest BCUT2D eigenvalue weighted by Gasteiger charge is -2.12. The van der Waals surface area contributed by atoms with Gasteiger partial charge < -0.3 is 16.0 Å². The SMILES string of the molecule is O=C(CSc1cccc(NC(=O)/C(=C\c2cccc(Br)c2)NC(=O)c2ccccc2)c1)Nc1ccc(Cl)cc1Cl. The highest BCUT2D eigenvalue weighted by atomic mass is 79.9. The molecule has 0 unspecified atom stereocenters. The minimum Gasteiger partial charge on any atom is -0.324 e. The largest absolute Gasteiger partial charge is 0.324 e. The van der Waals surface area contributed by atoms with Crippen molar-refractivity contribution >= 4 is 86.1 Å². The smallest absolute Gasteiger partial charge is 0.272 e. The fourth-order valence-electron chi connectivity index (χ4n) is 3.49. The van der Waals surface area contributed by atoms with Crippen molar-refractivity contribution in [2.75, 3.05) is 16.4 Å². The van der Waals surface area contributed by atoms with Crippen LogP contribution in [0.4, 0.5) is 11.4 Å². The fourth-order valence-corrected chi connectivity index (χ4v) is 5.12.